The maximum atomic E-state index is 12.5. The van der Waals surface area contributed by atoms with Gasteiger partial charge in [-0.1, -0.05) is 6.42 Å². The van der Waals surface area contributed by atoms with E-state index in [0.717, 1.165) is 32.4 Å². The lowest BCUT2D eigenvalue weighted by Crippen LogP contribution is -2.44. The molecule has 4 rings (SSSR count). The van der Waals surface area contributed by atoms with Gasteiger partial charge in [0.2, 0.25) is 5.91 Å². The average molecular weight is 334 g/mol. The molecule has 1 N–H and O–H groups in total. The summed E-state index contributed by atoms with van der Waals surface area (Å²) in [5.74, 6) is -0.334. The molecular formula is C17H22N2O3S. The Morgan fingerprint density at radius 3 is 2.70 bits per heavy atom. The van der Waals surface area contributed by atoms with Gasteiger partial charge in [-0.2, -0.15) is 11.3 Å². The van der Waals surface area contributed by atoms with E-state index in [1.54, 1.807) is 11.3 Å². The lowest BCUT2D eigenvalue weighted by molar-refractivity contribution is -0.149. The van der Waals surface area contributed by atoms with Crippen molar-refractivity contribution in [2.45, 2.75) is 25.8 Å². The monoisotopic (exact) mass is 334 g/mol. The van der Waals surface area contributed by atoms with E-state index in [1.807, 2.05) is 4.90 Å². The summed E-state index contributed by atoms with van der Waals surface area (Å²) in [4.78, 5) is 28.6. The fraction of sp³-hybridized carbons (Fsp3) is 0.647. The summed E-state index contributed by atoms with van der Waals surface area (Å²) in [6, 6.07) is 2.10. The molecule has 0 radical (unpaired) electrons. The Balaban J connectivity index is 1.47. The second-order valence-electron chi connectivity index (χ2n) is 7.31. The molecule has 1 aromatic heterocycles. The predicted molar refractivity (Wildman–Crippen MR) is 87.1 cm³/mol. The number of nitrogens with zero attached hydrogens (tertiary/aromatic N) is 2. The Labute approximate surface area is 139 Å². The van der Waals surface area contributed by atoms with Crippen LogP contribution in [-0.4, -0.2) is 53.0 Å². The highest BCUT2D eigenvalue weighted by atomic mass is 32.1. The first-order valence-electron chi connectivity index (χ1n) is 8.34. The van der Waals surface area contributed by atoms with Crippen LogP contribution in [0.4, 0.5) is 0 Å². The van der Waals surface area contributed by atoms with Gasteiger partial charge < -0.3 is 10.0 Å². The van der Waals surface area contributed by atoms with Gasteiger partial charge in [-0.25, -0.2) is 0 Å². The predicted octanol–water partition coefficient (Wildman–Crippen LogP) is 1.89. The Morgan fingerprint density at radius 1 is 1.30 bits per heavy atom. The van der Waals surface area contributed by atoms with Crippen LogP contribution >= 0.6 is 11.3 Å². The second kappa shape index (κ2) is 5.60. The molecule has 2 aliphatic heterocycles. The van der Waals surface area contributed by atoms with Crippen LogP contribution in [0.1, 0.15) is 24.8 Å². The number of carboxylic acid groups (broad SMARTS) is 1. The van der Waals surface area contributed by atoms with E-state index in [0.29, 0.717) is 19.6 Å². The molecule has 1 aromatic rings. The lowest BCUT2D eigenvalue weighted by atomic mass is 9.81. The number of carbonyl (C=O) groups is 2. The van der Waals surface area contributed by atoms with Crippen molar-refractivity contribution in [1.82, 2.24) is 9.80 Å². The molecule has 1 aliphatic carbocycles. The average Bonchev–Trinajstić information content (AvgIpc) is 3.10. The quantitative estimate of drug-likeness (QED) is 0.913. The third-order valence-electron chi connectivity index (χ3n) is 5.86. The maximum Gasteiger partial charge on any atom is 0.313 e. The van der Waals surface area contributed by atoms with Gasteiger partial charge in [0.1, 0.15) is 5.41 Å². The van der Waals surface area contributed by atoms with Gasteiger partial charge in [0.25, 0.3) is 0 Å². The van der Waals surface area contributed by atoms with Gasteiger partial charge in [0, 0.05) is 44.6 Å². The third kappa shape index (κ3) is 2.48. The molecule has 2 atom stereocenters. The Morgan fingerprint density at radius 2 is 2.13 bits per heavy atom. The van der Waals surface area contributed by atoms with Crippen LogP contribution in [0, 0.1) is 17.3 Å². The zero-order valence-electron chi connectivity index (χ0n) is 13.1. The van der Waals surface area contributed by atoms with Crippen molar-refractivity contribution in [2.75, 3.05) is 26.2 Å². The summed E-state index contributed by atoms with van der Waals surface area (Å²) < 4.78 is 0. The highest BCUT2D eigenvalue weighted by Crippen LogP contribution is 2.44. The molecule has 6 heteroatoms. The number of hydrogen-bond acceptors (Lipinski definition) is 4. The first-order valence-corrected chi connectivity index (χ1v) is 9.28. The topological polar surface area (TPSA) is 60.9 Å². The normalized spacial score (nSPS) is 31.1. The molecule has 23 heavy (non-hydrogen) atoms. The molecule has 3 fully saturated rings. The summed E-state index contributed by atoms with van der Waals surface area (Å²) in [6.45, 7) is 3.14. The fourth-order valence-electron chi connectivity index (χ4n) is 4.31. The standard InChI is InChI=1S/C17H22N2O3S/c20-15(13-2-1-3-13)19-8-14-7-18(6-12-4-5-23-9-12)10-17(14,11-19)16(21)22/h4-5,9,13-14H,1-3,6-8,10-11H2,(H,21,22)/t14-,17-/m0/s1. The smallest absolute Gasteiger partial charge is 0.313 e. The SMILES string of the molecule is O=C(C1CCC1)N1C[C@@H]2CN(Cc3ccsc3)C[C@]2(C(=O)O)C1. The van der Waals surface area contributed by atoms with E-state index in [4.69, 9.17) is 0 Å². The van der Waals surface area contributed by atoms with E-state index in [-0.39, 0.29) is 17.7 Å². The van der Waals surface area contributed by atoms with Crippen molar-refractivity contribution < 1.29 is 14.7 Å². The minimum atomic E-state index is -0.768. The molecule has 1 saturated carbocycles. The van der Waals surface area contributed by atoms with E-state index >= 15 is 0 Å². The summed E-state index contributed by atoms with van der Waals surface area (Å²) in [6.07, 6.45) is 3.08. The van der Waals surface area contributed by atoms with Crippen LogP contribution < -0.4 is 0 Å². The van der Waals surface area contributed by atoms with Crippen molar-refractivity contribution in [2.24, 2.45) is 17.3 Å². The first kappa shape index (κ1) is 15.1. The Hall–Kier alpha value is -1.40. The van der Waals surface area contributed by atoms with Crippen LogP contribution in [-0.2, 0) is 16.1 Å². The summed E-state index contributed by atoms with van der Waals surface area (Å²) in [5, 5.41) is 14.0. The molecule has 0 bridgehead atoms. The van der Waals surface area contributed by atoms with Gasteiger partial charge in [0.15, 0.2) is 0 Å². The highest BCUT2D eigenvalue weighted by Gasteiger charge is 2.58. The molecule has 124 valence electrons. The molecule has 3 heterocycles. The van der Waals surface area contributed by atoms with E-state index in [9.17, 15) is 14.7 Å². The summed E-state index contributed by atoms with van der Waals surface area (Å²) in [7, 11) is 0. The number of aliphatic carboxylic acids is 1. The molecule has 1 amide bonds. The van der Waals surface area contributed by atoms with Gasteiger partial charge in [-0.15, -0.1) is 0 Å². The van der Waals surface area contributed by atoms with Gasteiger partial charge in [-0.3, -0.25) is 14.5 Å². The number of likely N-dealkylation sites (tertiary alicyclic amines) is 2. The van der Waals surface area contributed by atoms with Crippen molar-refractivity contribution in [3.8, 4) is 0 Å². The zero-order valence-corrected chi connectivity index (χ0v) is 13.9. The van der Waals surface area contributed by atoms with Crippen LogP contribution in [0.25, 0.3) is 0 Å². The molecule has 0 spiro atoms. The highest BCUT2D eigenvalue weighted by molar-refractivity contribution is 7.07. The Kier molecular flexibility index (Phi) is 3.69. The molecule has 3 aliphatic rings. The van der Waals surface area contributed by atoms with Crippen LogP contribution in [0.2, 0.25) is 0 Å². The van der Waals surface area contributed by atoms with E-state index < -0.39 is 11.4 Å². The van der Waals surface area contributed by atoms with Gasteiger partial charge in [-0.05, 0) is 35.2 Å². The molecule has 5 nitrogen and oxygen atoms in total. The molecular weight excluding hydrogens is 312 g/mol. The van der Waals surface area contributed by atoms with Gasteiger partial charge >= 0.3 is 5.97 Å². The fourth-order valence-corrected chi connectivity index (χ4v) is 4.97. The number of carbonyl (C=O) groups excluding carboxylic acids is 1. The van der Waals surface area contributed by atoms with Crippen LogP contribution in [0.3, 0.4) is 0 Å². The van der Waals surface area contributed by atoms with Crippen molar-refractivity contribution >= 4 is 23.2 Å². The molecule has 0 aromatic carbocycles. The number of hydrogen-bond donors (Lipinski definition) is 1. The largest absolute Gasteiger partial charge is 0.481 e. The van der Waals surface area contributed by atoms with Crippen LogP contribution in [0.15, 0.2) is 16.8 Å². The van der Waals surface area contributed by atoms with Crippen LogP contribution in [0.5, 0.6) is 0 Å². The zero-order chi connectivity index (χ0) is 16.0. The number of rotatable bonds is 4. The summed E-state index contributed by atoms with van der Waals surface area (Å²) in [5.41, 5.74) is 0.480. The minimum absolute atomic E-state index is 0.0580. The number of thiophene rings is 1. The Bertz CT molecular complexity index is 613. The molecule has 0 unspecified atom stereocenters. The second-order valence-corrected chi connectivity index (χ2v) is 8.09. The first-order chi connectivity index (χ1) is 11.1. The number of amides is 1. The van der Waals surface area contributed by atoms with Crippen molar-refractivity contribution in [1.29, 1.82) is 0 Å². The van der Waals surface area contributed by atoms with Crippen molar-refractivity contribution in [3.05, 3.63) is 22.4 Å². The van der Waals surface area contributed by atoms with E-state index in [2.05, 4.69) is 21.7 Å². The molecule has 2 saturated heterocycles. The lowest BCUT2D eigenvalue weighted by Gasteiger charge is -2.31. The minimum Gasteiger partial charge on any atom is -0.481 e. The number of carboxylic acids is 1. The van der Waals surface area contributed by atoms with E-state index in [1.165, 1.54) is 5.56 Å². The van der Waals surface area contributed by atoms with Gasteiger partial charge in [0.05, 0.1) is 0 Å². The van der Waals surface area contributed by atoms with Crippen molar-refractivity contribution in [3.63, 3.8) is 0 Å². The maximum absolute atomic E-state index is 12.5. The summed E-state index contributed by atoms with van der Waals surface area (Å²) >= 11 is 1.67. The number of fused-ring (bicyclic) bond motifs is 1. The third-order valence-corrected chi connectivity index (χ3v) is 6.59.